The van der Waals surface area contributed by atoms with Crippen LogP contribution in [0.1, 0.15) is 13.3 Å². The fraction of sp³-hybridized carbons (Fsp3) is 1.00. The van der Waals surface area contributed by atoms with E-state index in [4.69, 9.17) is 9.79 Å². The van der Waals surface area contributed by atoms with Gasteiger partial charge in [-0.15, -0.1) is 0 Å². The van der Waals surface area contributed by atoms with Crippen LogP contribution in [0.15, 0.2) is 0 Å². The molecular weight excluding hydrogens is 141 g/mol. The SMILES string of the molecule is CCCN(C)P(=O)(O)O. The first kappa shape index (κ1) is 9.11. The zero-order valence-corrected chi connectivity index (χ0v) is 6.51. The zero-order valence-electron chi connectivity index (χ0n) is 5.61. The quantitative estimate of drug-likeness (QED) is 0.577. The molecule has 0 saturated heterocycles. The van der Waals surface area contributed by atoms with Crippen LogP contribution < -0.4 is 0 Å². The summed E-state index contributed by atoms with van der Waals surface area (Å²) >= 11 is 0. The van der Waals surface area contributed by atoms with Gasteiger partial charge < -0.3 is 9.79 Å². The van der Waals surface area contributed by atoms with Gasteiger partial charge in [-0.05, 0) is 13.5 Å². The van der Waals surface area contributed by atoms with Crippen molar-refractivity contribution in [1.82, 2.24) is 4.67 Å². The van der Waals surface area contributed by atoms with Gasteiger partial charge >= 0.3 is 7.75 Å². The van der Waals surface area contributed by atoms with Crippen LogP contribution in [0.25, 0.3) is 0 Å². The number of rotatable bonds is 3. The Morgan fingerprint density at radius 3 is 2.11 bits per heavy atom. The van der Waals surface area contributed by atoms with Crippen LogP contribution in [-0.2, 0) is 4.57 Å². The molecule has 5 heteroatoms. The van der Waals surface area contributed by atoms with Crippen LogP contribution >= 0.6 is 7.75 Å². The maximum atomic E-state index is 10.3. The Hall–Kier alpha value is 0.110. The lowest BCUT2D eigenvalue weighted by Gasteiger charge is -2.15. The average molecular weight is 153 g/mol. The summed E-state index contributed by atoms with van der Waals surface area (Å²) in [5, 5.41) is 0. The zero-order chi connectivity index (χ0) is 7.49. The molecule has 0 atom stereocenters. The summed E-state index contributed by atoms with van der Waals surface area (Å²) < 4.78 is 11.4. The van der Waals surface area contributed by atoms with Crippen molar-refractivity contribution in [3.05, 3.63) is 0 Å². The van der Waals surface area contributed by atoms with Crippen molar-refractivity contribution in [1.29, 1.82) is 0 Å². The predicted octanol–water partition coefficient (Wildman–Crippen LogP) is 0.421. The van der Waals surface area contributed by atoms with Crippen LogP contribution in [0.3, 0.4) is 0 Å². The summed E-state index contributed by atoms with van der Waals surface area (Å²) in [6.07, 6.45) is 0.752. The molecule has 0 aliphatic rings. The highest BCUT2D eigenvalue weighted by molar-refractivity contribution is 7.49. The fourth-order valence-corrected chi connectivity index (χ4v) is 0.914. The predicted molar refractivity (Wildman–Crippen MR) is 35.0 cm³/mol. The second-order valence-corrected chi connectivity index (χ2v) is 3.60. The number of nitrogens with zero attached hydrogens (tertiary/aromatic N) is 1. The lowest BCUT2D eigenvalue weighted by atomic mass is 10.5. The van der Waals surface area contributed by atoms with Crippen LogP contribution in [0.4, 0.5) is 0 Å². The van der Waals surface area contributed by atoms with E-state index in [1.165, 1.54) is 7.05 Å². The maximum Gasteiger partial charge on any atom is 0.402 e. The topological polar surface area (TPSA) is 60.8 Å². The monoisotopic (exact) mass is 153 g/mol. The van der Waals surface area contributed by atoms with E-state index in [9.17, 15) is 4.57 Å². The summed E-state index contributed by atoms with van der Waals surface area (Å²) in [4.78, 5) is 16.9. The summed E-state index contributed by atoms with van der Waals surface area (Å²) in [7, 11) is -2.53. The third kappa shape index (κ3) is 3.65. The van der Waals surface area contributed by atoms with E-state index in [1.54, 1.807) is 0 Å². The van der Waals surface area contributed by atoms with Gasteiger partial charge in [0.1, 0.15) is 0 Å². The molecule has 0 fully saturated rings. The first-order chi connectivity index (χ1) is 3.98. The largest absolute Gasteiger partial charge is 0.402 e. The third-order valence-corrected chi connectivity index (χ3v) is 2.08. The highest BCUT2D eigenvalue weighted by Gasteiger charge is 2.18. The lowest BCUT2D eigenvalue weighted by molar-refractivity contribution is 0.292. The lowest BCUT2D eigenvalue weighted by Crippen LogP contribution is -2.14. The van der Waals surface area contributed by atoms with Crippen molar-refractivity contribution in [3.63, 3.8) is 0 Å². The average Bonchev–Trinajstić information content (AvgIpc) is 1.64. The van der Waals surface area contributed by atoms with Gasteiger partial charge in [-0.1, -0.05) is 6.92 Å². The first-order valence-electron chi connectivity index (χ1n) is 2.75. The number of hydrogen-bond donors (Lipinski definition) is 2. The van der Waals surface area contributed by atoms with E-state index >= 15 is 0 Å². The van der Waals surface area contributed by atoms with E-state index < -0.39 is 7.75 Å². The summed E-state index contributed by atoms with van der Waals surface area (Å²) in [6, 6.07) is 0. The van der Waals surface area contributed by atoms with Gasteiger partial charge in [-0.2, -0.15) is 0 Å². The molecule has 0 aliphatic carbocycles. The smallest absolute Gasteiger partial charge is 0.312 e. The molecule has 0 radical (unpaired) electrons. The van der Waals surface area contributed by atoms with E-state index in [0.717, 1.165) is 11.1 Å². The standard InChI is InChI=1S/C4H12NO3P/c1-3-4-5(2)9(6,7)8/h3-4H2,1-2H3,(H2,6,7,8). The molecule has 0 rings (SSSR count). The van der Waals surface area contributed by atoms with Gasteiger partial charge in [0, 0.05) is 6.54 Å². The minimum absolute atomic E-state index is 0.435. The van der Waals surface area contributed by atoms with E-state index in [-0.39, 0.29) is 0 Å². The molecule has 0 aliphatic heterocycles. The highest BCUT2D eigenvalue weighted by Crippen LogP contribution is 2.37. The maximum absolute atomic E-state index is 10.3. The molecule has 2 N–H and O–H groups in total. The summed E-state index contributed by atoms with van der Waals surface area (Å²) in [6.45, 7) is 2.30. The normalized spacial score (nSPS) is 12.6. The molecule has 0 heterocycles. The molecule has 4 nitrogen and oxygen atoms in total. The molecule has 0 unspecified atom stereocenters. The van der Waals surface area contributed by atoms with E-state index in [1.807, 2.05) is 6.92 Å². The van der Waals surface area contributed by atoms with Crippen LogP contribution in [-0.4, -0.2) is 28.0 Å². The Labute approximate surface area is 54.7 Å². The molecule has 0 spiro atoms. The van der Waals surface area contributed by atoms with Gasteiger partial charge in [0.25, 0.3) is 0 Å². The van der Waals surface area contributed by atoms with E-state index in [2.05, 4.69) is 0 Å². The second kappa shape index (κ2) is 3.32. The molecule has 0 aromatic rings. The molecule has 0 saturated carbocycles. The van der Waals surface area contributed by atoms with Crippen molar-refractivity contribution < 1.29 is 14.4 Å². The van der Waals surface area contributed by atoms with Gasteiger partial charge in [-0.3, -0.25) is 0 Å². The Morgan fingerprint density at radius 2 is 2.00 bits per heavy atom. The van der Waals surface area contributed by atoms with E-state index in [0.29, 0.717) is 6.54 Å². The van der Waals surface area contributed by atoms with Gasteiger partial charge in [0.15, 0.2) is 0 Å². The number of hydrogen-bond acceptors (Lipinski definition) is 1. The van der Waals surface area contributed by atoms with Crippen LogP contribution in [0.2, 0.25) is 0 Å². The molecule has 0 aromatic carbocycles. The van der Waals surface area contributed by atoms with Crippen molar-refractivity contribution in [3.8, 4) is 0 Å². The highest BCUT2D eigenvalue weighted by atomic mass is 31.2. The molecular formula is C4H12NO3P. The van der Waals surface area contributed by atoms with Crippen LogP contribution in [0, 0.1) is 0 Å². The Kier molecular flexibility index (Phi) is 3.36. The minimum Gasteiger partial charge on any atom is -0.312 e. The first-order valence-corrected chi connectivity index (χ1v) is 4.32. The summed E-state index contributed by atoms with van der Waals surface area (Å²) in [5.74, 6) is 0. The Morgan fingerprint density at radius 1 is 1.56 bits per heavy atom. The molecule has 0 aromatic heterocycles. The molecule has 56 valence electrons. The van der Waals surface area contributed by atoms with Crippen LogP contribution in [0.5, 0.6) is 0 Å². The molecule has 9 heavy (non-hydrogen) atoms. The van der Waals surface area contributed by atoms with Gasteiger partial charge in [0.2, 0.25) is 0 Å². The summed E-state index contributed by atoms with van der Waals surface area (Å²) in [5.41, 5.74) is 0. The molecule has 0 bridgehead atoms. The molecule has 0 amide bonds. The van der Waals surface area contributed by atoms with Gasteiger partial charge in [-0.25, -0.2) is 9.24 Å². The van der Waals surface area contributed by atoms with Crippen molar-refractivity contribution in [2.45, 2.75) is 13.3 Å². The third-order valence-electron chi connectivity index (χ3n) is 0.992. The Bertz CT molecular complexity index is 121. The van der Waals surface area contributed by atoms with Gasteiger partial charge in [0.05, 0.1) is 0 Å². The van der Waals surface area contributed by atoms with Crippen molar-refractivity contribution in [2.24, 2.45) is 0 Å². The fourth-order valence-electron chi connectivity index (χ4n) is 0.454. The van der Waals surface area contributed by atoms with Crippen molar-refractivity contribution >= 4 is 7.75 Å². The second-order valence-electron chi connectivity index (χ2n) is 1.89. The van der Waals surface area contributed by atoms with Crippen molar-refractivity contribution in [2.75, 3.05) is 13.6 Å². The Balaban J connectivity index is 3.74. The minimum atomic E-state index is -3.94.